The van der Waals surface area contributed by atoms with Gasteiger partial charge in [0.1, 0.15) is 71.7 Å². The van der Waals surface area contributed by atoms with Crippen LogP contribution in [-0.4, -0.2) is 311 Å². The van der Waals surface area contributed by atoms with Crippen LogP contribution in [0.2, 0.25) is 0 Å². The number of piperazine rings is 1. The number of amides is 2. The average Bonchev–Trinajstić information content (AvgIpc) is 1.59. The van der Waals surface area contributed by atoms with Crippen molar-refractivity contribution in [3.8, 4) is 17.1 Å². The van der Waals surface area contributed by atoms with Gasteiger partial charge in [-0.05, 0) is 144 Å². The van der Waals surface area contributed by atoms with E-state index < -0.39 is 83.9 Å². The number of Topliss-reactive ketones (excluding diaryl/α,β-unsaturated/α-hetero) is 3. The van der Waals surface area contributed by atoms with E-state index in [0.29, 0.717) is 234 Å². The Morgan fingerprint density at radius 3 is 1.98 bits per heavy atom. The van der Waals surface area contributed by atoms with Crippen molar-refractivity contribution >= 4 is 80.9 Å². The number of fused-ring (bicyclic) bond motifs is 5. The van der Waals surface area contributed by atoms with Crippen LogP contribution in [0.1, 0.15) is 171 Å². The maximum atomic E-state index is 14.5. The summed E-state index contributed by atoms with van der Waals surface area (Å²) in [4.78, 5) is 123. The molecule has 1 aliphatic carbocycles. The number of nitrogens with two attached hydrogens (primary N) is 2. The Bertz CT molecular complexity index is 4500. The largest absolute Gasteiger partial charge is 0.460 e. The summed E-state index contributed by atoms with van der Waals surface area (Å²) in [6.07, 6.45) is 17.0. The molecule has 0 unspecified atom stereocenters. The lowest BCUT2D eigenvalue weighted by atomic mass is 9.78. The molecule has 5 aliphatic rings. The number of piperidine rings is 1. The SMILES string of the molecule is CCCOCCC(=O)N1CCN(c2cc(-n3nc(-c4ccc5oc(N)nc5c4)c4c(N)ncnc43)ncn2)CC1.CCCOCCOCCOCCOCCOCCOC.COCCCC(=O)O[C@@H]1CC[C@@H](C[C@@H](C)[C@@H]2CC(=O)[C@H](C)/C=C(\C)[C@@H](O)[C@@H](OC)C(=O)[C@H](C)C[C@H](C)/C=C/C=C/C=C(\C)[C@@H](OC)C[C@@H]3CC[C@@H](C)[C@@](O)(O3)C(=O)C(=O)N3CCCC[C@H]3C(=O)O2)C[C@H]1OC. The maximum Gasteiger partial charge on any atom is 0.329 e. The second kappa shape index (κ2) is 57.0. The van der Waals surface area contributed by atoms with Gasteiger partial charge in [-0.1, -0.05) is 84.9 Å². The molecule has 132 heavy (non-hydrogen) atoms. The van der Waals surface area contributed by atoms with Crippen LogP contribution in [0.5, 0.6) is 0 Å². The Kier molecular flexibility index (Phi) is 46.8. The minimum absolute atomic E-state index is 0.00669. The highest BCUT2D eigenvalue weighted by Crippen LogP contribution is 2.40. The zero-order valence-corrected chi connectivity index (χ0v) is 80.0. The fourth-order valence-electron chi connectivity index (χ4n) is 16.9. The number of anilines is 3. The number of cyclic esters (lactones) is 1. The second-order valence-electron chi connectivity index (χ2n) is 34.6. The molecule has 6 N–H and O–H groups in total. The quantitative estimate of drug-likeness (QED) is 0.0125. The van der Waals surface area contributed by atoms with Gasteiger partial charge in [0.15, 0.2) is 22.8 Å². The monoisotopic (exact) mass is 1850 g/mol. The summed E-state index contributed by atoms with van der Waals surface area (Å²) in [7, 11) is 7.76. The highest BCUT2D eigenvalue weighted by molar-refractivity contribution is 6.39. The van der Waals surface area contributed by atoms with Crippen LogP contribution < -0.4 is 16.4 Å². The number of carbonyl (C=O) groups is 7. The minimum Gasteiger partial charge on any atom is -0.460 e. The summed E-state index contributed by atoms with van der Waals surface area (Å²) in [5.41, 5.74) is 16.3. The maximum absolute atomic E-state index is 14.5. The number of nitrogen functional groups attached to an aromatic ring is 2. The third kappa shape index (κ3) is 32.9. The summed E-state index contributed by atoms with van der Waals surface area (Å²) in [6, 6.07) is 6.24. The number of benzene rings is 1. The first-order valence-electron chi connectivity index (χ1n) is 46.8. The number of allylic oxidation sites excluding steroid dienone is 6. The Morgan fingerprint density at radius 2 is 1.33 bits per heavy atom. The van der Waals surface area contributed by atoms with E-state index in [1.165, 1.54) is 24.7 Å². The molecule has 5 aromatic rings. The molecule has 15 atom stereocenters. The van der Waals surface area contributed by atoms with Crippen LogP contribution in [0, 0.1) is 35.5 Å². The summed E-state index contributed by atoms with van der Waals surface area (Å²) in [5.74, 6) is -6.89. The molecule has 4 aliphatic heterocycles. The number of hydrogen-bond donors (Lipinski definition) is 4. The van der Waals surface area contributed by atoms with Crippen molar-refractivity contribution < 1.29 is 115 Å². The number of ketones is 3. The Hall–Kier alpha value is -8.99. The van der Waals surface area contributed by atoms with E-state index in [4.69, 9.17) is 87.3 Å². The Labute approximate surface area is 776 Å². The molecule has 734 valence electrons. The van der Waals surface area contributed by atoms with Crippen LogP contribution >= 0.6 is 0 Å². The van der Waals surface area contributed by atoms with Crippen molar-refractivity contribution in [3.05, 3.63) is 84.5 Å². The van der Waals surface area contributed by atoms with Gasteiger partial charge in [-0.25, -0.2) is 24.7 Å². The van der Waals surface area contributed by atoms with Gasteiger partial charge in [0.2, 0.25) is 11.7 Å². The number of aromatic nitrogens is 7. The predicted molar refractivity (Wildman–Crippen MR) is 495 cm³/mol. The van der Waals surface area contributed by atoms with Gasteiger partial charge in [0.05, 0.1) is 103 Å². The lowest BCUT2D eigenvalue weighted by Gasteiger charge is -2.42. The smallest absolute Gasteiger partial charge is 0.329 e. The van der Waals surface area contributed by atoms with E-state index in [2.05, 4.69) is 36.7 Å². The first kappa shape index (κ1) is 108. The molecule has 4 aromatic heterocycles. The van der Waals surface area contributed by atoms with E-state index in [9.17, 15) is 43.8 Å². The number of carbonyl (C=O) groups excluding carboxylic acids is 7. The van der Waals surface area contributed by atoms with Crippen LogP contribution in [0.25, 0.3) is 39.2 Å². The number of hydrogen-bond acceptors (Lipinski definition) is 33. The molecule has 1 saturated carbocycles. The lowest BCUT2D eigenvalue weighted by molar-refractivity contribution is -0.265. The van der Waals surface area contributed by atoms with E-state index in [1.807, 2.05) is 88.1 Å². The molecule has 10 rings (SSSR count). The number of aliphatic hydroxyl groups excluding tert-OH is 1. The van der Waals surface area contributed by atoms with Crippen molar-refractivity contribution in [1.82, 2.24) is 44.5 Å². The summed E-state index contributed by atoms with van der Waals surface area (Å²) < 4.78 is 84.6. The van der Waals surface area contributed by atoms with E-state index in [1.54, 1.807) is 66.0 Å². The van der Waals surface area contributed by atoms with Gasteiger partial charge in [-0.2, -0.15) is 14.8 Å². The van der Waals surface area contributed by atoms with Gasteiger partial charge in [-0.15, -0.1) is 0 Å². The van der Waals surface area contributed by atoms with Gasteiger partial charge in [0, 0.05) is 137 Å². The van der Waals surface area contributed by atoms with E-state index >= 15 is 0 Å². The molecule has 1 aromatic carbocycles. The molecule has 0 radical (unpaired) electrons. The fourth-order valence-corrected chi connectivity index (χ4v) is 16.9. The van der Waals surface area contributed by atoms with Crippen LogP contribution in [0.4, 0.5) is 17.7 Å². The van der Waals surface area contributed by atoms with Crippen LogP contribution in [0.3, 0.4) is 0 Å². The third-order valence-corrected chi connectivity index (χ3v) is 24.5. The third-order valence-electron chi connectivity index (χ3n) is 24.5. The number of aliphatic hydroxyl groups is 2. The van der Waals surface area contributed by atoms with Crippen molar-refractivity contribution in [2.75, 3.05) is 177 Å². The van der Waals surface area contributed by atoms with E-state index in [0.717, 1.165) is 36.4 Å². The molecule has 0 spiro atoms. The lowest BCUT2D eigenvalue weighted by Crippen LogP contribution is -2.61. The first-order chi connectivity index (χ1) is 63.6. The first-order valence-corrected chi connectivity index (χ1v) is 46.8. The number of esters is 2. The highest BCUT2D eigenvalue weighted by Gasteiger charge is 2.53. The van der Waals surface area contributed by atoms with Crippen molar-refractivity contribution in [2.24, 2.45) is 35.5 Å². The zero-order chi connectivity index (χ0) is 95.7. The summed E-state index contributed by atoms with van der Waals surface area (Å²) in [5, 5.41) is 28.9. The minimum atomic E-state index is -2.45. The number of oxazole rings is 1. The van der Waals surface area contributed by atoms with Gasteiger partial charge < -0.3 is 107 Å². The molecular formula is C96H146N12O24. The zero-order valence-electron chi connectivity index (χ0n) is 80.0. The summed E-state index contributed by atoms with van der Waals surface area (Å²) >= 11 is 0. The predicted octanol–water partition coefficient (Wildman–Crippen LogP) is 10.3. The second-order valence-corrected chi connectivity index (χ2v) is 34.6. The number of methoxy groups -OCH3 is 5. The average molecular weight is 1850 g/mol. The molecule has 2 bridgehead atoms. The van der Waals surface area contributed by atoms with Gasteiger partial charge in [-0.3, -0.25) is 28.8 Å². The molecule has 3 saturated heterocycles. The Balaban J connectivity index is 0.000000295. The van der Waals surface area contributed by atoms with Crippen molar-refractivity contribution in [2.45, 2.75) is 226 Å². The van der Waals surface area contributed by atoms with Crippen molar-refractivity contribution in [3.63, 3.8) is 0 Å². The summed E-state index contributed by atoms with van der Waals surface area (Å²) in [6.45, 7) is 27.7. The molecule has 2 amide bonds. The number of ether oxygens (including phenoxy) is 14. The topological polar surface area (TPSA) is 446 Å². The molecular weight excluding hydrogens is 1710 g/mol. The number of rotatable bonds is 36. The highest BCUT2D eigenvalue weighted by atomic mass is 16.6. The Morgan fingerprint density at radius 1 is 0.667 bits per heavy atom. The molecule has 8 heterocycles. The van der Waals surface area contributed by atoms with Gasteiger partial charge in [0.25, 0.3) is 17.7 Å². The number of nitrogens with zero attached hydrogens (tertiary/aromatic N) is 10. The molecule has 4 fully saturated rings. The molecule has 36 heteroatoms. The fraction of sp³-hybridized carbons (Fsp3) is 0.677. The van der Waals surface area contributed by atoms with Gasteiger partial charge >= 0.3 is 11.9 Å². The molecule has 36 nitrogen and oxygen atoms in total. The van der Waals surface area contributed by atoms with E-state index in [-0.39, 0.29) is 79.1 Å². The van der Waals surface area contributed by atoms with Crippen LogP contribution in [0.15, 0.2) is 88.9 Å². The normalized spacial score (nSPS) is 26.4. The van der Waals surface area contributed by atoms with Crippen LogP contribution in [-0.2, 0) is 99.9 Å². The van der Waals surface area contributed by atoms with Crippen molar-refractivity contribution in [1.29, 1.82) is 0 Å². The standard InChI is InChI=1S/C56H87NO15.C26H29N11O3.C14H30O6/c1-34-18-13-12-14-19-35(2)46(67-9)32-42-24-22-40(7)56(65,72-42)53(62)54(63)57-26-16-15-20-43(57)55(64)71-47(33-44(58)36(3)29-39(6)51(61)52(69-11)50(60)38(5)28-34)37(4)30-41-23-25-45(48(31-41)68-10)70-49(59)21-17-27-66-8;1-2-10-39-11-5-21(38)36-8-6-35(7-9-36)19-13-20(30-14-29-19)37-25-22(24(27)31-15-32-25)23(34-37)16-3-4-18-17(12-16)33-26(28)40-18;1-3-4-16-7-8-18-11-12-20-14-13-19-10-9-17-6-5-15-2/h12-14,18-19,29,34,36-38,40-43,45-48,51-52,61,65H,15-17,20-28,30-33H2,1-11H3;3-4,12-15H,2,5-11H2,1H3,(H2,28,33)(H2,27,31,32);3-14H2,1-2H3/b14-12+,18-13+,35-19+,39-29+;;/t34-,36-,37-,38-,40-,41+,42+,43+,45-,46+,47+,48-,51-,52+,56-;;/m1../s1.